The smallest absolute Gasteiger partial charge is 0.119 e. The Labute approximate surface area is 104 Å². The molecule has 0 heterocycles. The van der Waals surface area contributed by atoms with Crippen LogP contribution in [0.1, 0.15) is 37.4 Å². The molecule has 3 heteroatoms. The van der Waals surface area contributed by atoms with E-state index in [4.69, 9.17) is 16.2 Å². The standard InChI is InChI=1S/C14H24N2O/c1-4-10(2)9-17-12-5-6-13(11(3)7-12)14(16)8-15/h5-7,10,14H,4,8-9,15-16H2,1-3H3/t10-,14-/m0/s1. The number of rotatable bonds is 6. The summed E-state index contributed by atoms with van der Waals surface area (Å²) in [4.78, 5) is 0. The lowest BCUT2D eigenvalue weighted by Crippen LogP contribution is -2.21. The number of benzene rings is 1. The van der Waals surface area contributed by atoms with Gasteiger partial charge in [0.2, 0.25) is 0 Å². The highest BCUT2D eigenvalue weighted by Gasteiger charge is 2.08. The maximum atomic E-state index is 5.92. The van der Waals surface area contributed by atoms with Crippen LogP contribution in [0.4, 0.5) is 0 Å². The lowest BCUT2D eigenvalue weighted by atomic mass is 10.0. The lowest BCUT2D eigenvalue weighted by Gasteiger charge is -2.15. The minimum Gasteiger partial charge on any atom is -0.493 e. The Balaban J connectivity index is 2.68. The molecule has 0 spiro atoms. The van der Waals surface area contributed by atoms with E-state index in [1.54, 1.807) is 0 Å². The minimum absolute atomic E-state index is 0.0846. The van der Waals surface area contributed by atoms with Crippen molar-refractivity contribution in [1.29, 1.82) is 0 Å². The van der Waals surface area contributed by atoms with Crippen LogP contribution in [0, 0.1) is 12.8 Å². The second-order valence-electron chi connectivity index (χ2n) is 4.69. The molecule has 1 rings (SSSR count). The molecule has 96 valence electrons. The molecule has 0 aliphatic carbocycles. The van der Waals surface area contributed by atoms with Gasteiger partial charge in [-0.2, -0.15) is 0 Å². The minimum atomic E-state index is -0.0846. The Kier molecular flexibility index (Phi) is 5.45. The zero-order valence-electron chi connectivity index (χ0n) is 11.1. The Morgan fingerprint density at radius 1 is 1.35 bits per heavy atom. The zero-order chi connectivity index (χ0) is 12.8. The zero-order valence-corrected chi connectivity index (χ0v) is 11.1. The average Bonchev–Trinajstić information content (AvgIpc) is 2.35. The molecule has 0 fully saturated rings. The van der Waals surface area contributed by atoms with Crippen molar-refractivity contribution in [3.63, 3.8) is 0 Å². The molecule has 0 amide bonds. The predicted molar refractivity (Wildman–Crippen MR) is 72.1 cm³/mol. The molecule has 0 radical (unpaired) electrons. The fourth-order valence-corrected chi connectivity index (χ4v) is 1.64. The van der Waals surface area contributed by atoms with Gasteiger partial charge in [0.25, 0.3) is 0 Å². The third-order valence-corrected chi connectivity index (χ3v) is 3.13. The summed E-state index contributed by atoms with van der Waals surface area (Å²) < 4.78 is 5.74. The van der Waals surface area contributed by atoms with Crippen molar-refractivity contribution in [2.45, 2.75) is 33.2 Å². The normalized spacial score (nSPS) is 14.4. The van der Waals surface area contributed by atoms with E-state index in [2.05, 4.69) is 13.8 Å². The molecule has 17 heavy (non-hydrogen) atoms. The summed E-state index contributed by atoms with van der Waals surface area (Å²) in [7, 11) is 0. The van der Waals surface area contributed by atoms with Crippen molar-refractivity contribution < 1.29 is 4.74 Å². The van der Waals surface area contributed by atoms with Crippen LogP contribution < -0.4 is 16.2 Å². The van der Waals surface area contributed by atoms with E-state index in [9.17, 15) is 0 Å². The molecule has 0 aliphatic rings. The van der Waals surface area contributed by atoms with Gasteiger partial charge in [0.05, 0.1) is 6.61 Å². The Bertz CT molecular complexity index is 352. The number of hydrogen-bond donors (Lipinski definition) is 2. The Morgan fingerprint density at radius 3 is 2.59 bits per heavy atom. The van der Waals surface area contributed by atoms with Crippen molar-refractivity contribution in [3.05, 3.63) is 29.3 Å². The van der Waals surface area contributed by atoms with E-state index in [0.29, 0.717) is 12.5 Å². The Morgan fingerprint density at radius 2 is 2.06 bits per heavy atom. The van der Waals surface area contributed by atoms with Gasteiger partial charge in [0.15, 0.2) is 0 Å². The van der Waals surface area contributed by atoms with Crippen LogP contribution in [0.15, 0.2) is 18.2 Å². The molecule has 3 nitrogen and oxygen atoms in total. The molecule has 0 saturated heterocycles. The second-order valence-corrected chi connectivity index (χ2v) is 4.69. The fourth-order valence-electron chi connectivity index (χ4n) is 1.64. The molecular formula is C14H24N2O. The molecule has 2 atom stereocenters. The van der Waals surface area contributed by atoms with Gasteiger partial charge in [-0.3, -0.25) is 0 Å². The molecule has 1 aromatic rings. The molecule has 0 aliphatic heterocycles. The average molecular weight is 236 g/mol. The molecule has 0 unspecified atom stereocenters. The fraction of sp³-hybridized carbons (Fsp3) is 0.571. The van der Waals surface area contributed by atoms with Crippen LogP contribution in [0.5, 0.6) is 5.75 Å². The van der Waals surface area contributed by atoms with Crippen molar-refractivity contribution >= 4 is 0 Å². The van der Waals surface area contributed by atoms with Crippen LogP contribution in [0.2, 0.25) is 0 Å². The van der Waals surface area contributed by atoms with E-state index in [1.807, 2.05) is 25.1 Å². The number of ether oxygens (including phenoxy) is 1. The van der Waals surface area contributed by atoms with Gasteiger partial charge in [0, 0.05) is 12.6 Å². The van der Waals surface area contributed by atoms with E-state index in [0.717, 1.165) is 29.9 Å². The molecule has 0 aromatic heterocycles. The third-order valence-electron chi connectivity index (χ3n) is 3.13. The van der Waals surface area contributed by atoms with Crippen LogP contribution in [-0.4, -0.2) is 13.2 Å². The van der Waals surface area contributed by atoms with Gasteiger partial charge in [-0.15, -0.1) is 0 Å². The first kappa shape index (κ1) is 14.0. The van der Waals surface area contributed by atoms with Gasteiger partial charge in [-0.25, -0.2) is 0 Å². The number of aryl methyl sites for hydroxylation is 1. The highest BCUT2D eigenvalue weighted by molar-refractivity contribution is 5.36. The van der Waals surface area contributed by atoms with Crippen LogP contribution in [0.25, 0.3) is 0 Å². The molecule has 0 bridgehead atoms. The molecule has 1 aromatic carbocycles. The summed E-state index contributed by atoms with van der Waals surface area (Å²) in [6.07, 6.45) is 1.13. The first-order chi connectivity index (χ1) is 8.08. The largest absolute Gasteiger partial charge is 0.493 e. The predicted octanol–water partition coefficient (Wildman–Crippen LogP) is 2.38. The Hall–Kier alpha value is -1.06. The van der Waals surface area contributed by atoms with E-state index < -0.39 is 0 Å². The first-order valence-corrected chi connectivity index (χ1v) is 6.27. The highest BCUT2D eigenvalue weighted by Crippen LogP contribution is 2.21. The van der Waals surface area contributed by atoms with Gasteiger partial charge < -0.3 is 16.2 Å². The van der Waals surface area contributed by atoms with Crippen molar-refractivity contribution in [2.24, 2.45) is 17.4 Å². The summed E-state index contributed by atoms with van der Waals surface area (Å²) in [6, 6.07) is 5.94. The van der Waals surface area contributed by atoms with Gasteiger partial charge in [0.1, 0.15) is 5.75 Å². The molecule has 0 saturated carbocycles. The quantitative estimate of drug-likeness (QED) is 0.797. The van der Waals surface area contributed by atoms with E-state index >= 15 is 0 Å². The van der Waals surface area contributed by atoms with Crippen LogP contribution in [-0.2, 0) is 0 Å². The van der Waals surface area contributed by atoms with E-state index in [1.165, 1.54) is 0 Å². The summed E-state index contributed by atoms with van der Waals surface area (Å²) in [5.74, 6) is 1.50. The van der Waals surface area contributed by atoms with Gasteiger partial charge in [-0.05, 0) is 36.1 Å². The number of hydrogen-bond acceptors (Lipinski definition) is 3. The molecule has 4 N–H and O–H groups in total. The first-order valence-electron chi connectivity index (χ1n) is 6.27. The monoisotopic (exact) mass is 236 g/mol. The summed E-state index contributed by atoms with van der Waals surface area (Å²) >= 11 is 0. The van der Waals surface area contributed by atoms with Crippen LogP contribution in [0.3, 0.4) is 0 Å². The van der Waals surface area contributed by atoms with E-state index in [-0.39, 0.29) is 6.04 Å². The van der Waals surface area contributed by atoms with Crippen LogP contribution >= 0.6 is 0 Å². The second kappa shape index (κ2) is 6.62. The lowest BCUT2D eigenvalue weighted by molar-refractivity contribution is 0.256. The maximum Gasteiger partial charge on any atom is 0.119 e. The summed E-state index contributed by atoms with van der Waals surface area (Å²) in [5, 5.41) is 0. The number of nitrogens with two attached hydrogens (primary N) is 2. The van der Waals surface area contributed by atoms with Crippen molar-refractivity contribution in [3.8, 4) is 5.75 Å². The summed E-state index contributed by atoms with van der Waals surface area (Å²) in [5.41, 5.74) is 13.7. The van der Waals surface area contributed by atoms with Gasteiger partial charge in [-0.1, -0.05) is 26.3 Å². The highest BCUT2D eigenvalue weighted by atomic mass is 16.5. The molecular weight excluding hydrogens is 212 g/mol. The third kappa shape index (κ3) is 4.02. The van der Waals surface area contributed by atoms with Gasteiger partial charge >= 0.3 is 0 Å². The SMILES string of the molecule is CC[C@H](C)COc1ccc([C@@H](N)CN)c(C)c1. The van der Waals surface area contributed by atoms with Crippen molar-refractivity contribution in [2.75, 3.05) is 13.2 Å². The van der Waals surface area contributed by atoms with Crippen molar-refractivity contribution in [1.82, 2.24) is 0 Å². The maximum absolute atomic E-state index is 5.92. The topological polar surface area (TPSA) is 61.3 Å². The summed E-state index contributed by atoms with van der Waals surface area (Å²) in [6.45, 7) is 7.63.